The first-order valence-electron chi connectivity index (χ1n) is 15.4. The van der Waals surface area contributed by atoms with Crippen LogP contribution in [0.3, 0.4) is 0 Å². The van der Waals surface area contributed by atoms with E-state index in [1.165, 1.54) is 4.90 Å². The molecule has 0 radical (unpaired) electrons. The van der Waals surface area contributed by atoms with Crippen LogP contribution in [0, 0.1) is 0 Å². The van der Waals surface area contributed by atoms with Crippen molar-refractivity contribution < 1.29 is 33.8 Å². The number of carbonyl (C=O) groups is 4. The molecule has 0 saturated carbocycles. The summed E-state index contributed by atoms with van der Waals surface area (Å²) >= 11 is 0. The number of nitrogens with zero attached hydrogens (tertiary/aromatic N) is 1. The molecular formula is C35H42N4O7. The third-order valence-corrected chi connectivity index (χ3v) is 7.95. The largest absolute Gasteiger partial charge is 0.497 e. The van der Waals surface area contributed by atoms with E-state index in [-0.39, 0.29) is 25.0 Å². The van der Waals surface area contributed by atoms with Crippen molar-refractivity contribution in [3.8, 4) is 11.5 Å². The number of aliphatic hydroxyl groups is 1. The molecule has 1 aliphatic heterocycles. The number of carbonyl (C=O) groups excluding carboxylic acids is 4. The Kier molecular flexibility index (Phi) is 12.5. The van der Waals surface area contributed by atoms with Crippen molar-refractivity contribution in [1.82, 2.24) is 20.9 Å². The smallest absolute Gasteiger partial charge is 0.255 e. The van der Waals surface area contributed by atoms with Gasteiger partial charge in [0.25, 0.3) is 5.91 Å². The van der Waals surface area contributed by atoms with Crippen molar-refractivity contribution in [3.63, 3.8) is 0 Å². The predicted molar refractivity (Wildman–Crippen MR) is 172 cm³/mol. The Labute approximate surface area is 269 Å². The zero-order chi connectivity index (χ0) is 32.9. The summed E-state index contributed by atoms with van der Waals surface area (Å²) in [6, 6.07) is 21.2. The monoisotopic (exact) mass is 630 g/mol. The molecule has 0 aliphatic carbocycles. The molecule has 3 aromatic carbocycles. The molecule has 4 amide bonds. The Morgan fingerprint density at radius 2 is 1.74 bits per heavy atom. The number of hydrogen-bond acceptors (Lipinski definition) is 7. The quantitative estimate of drug-likeness (QED) is 0.266. The van der Waals surface area contributed by atoms with E-state index in [4.69, 9.17) is 9.47 Å². The number of likely N-dealkylation sites (N-methyl/N-ethyl adjacent to an activating group) is 1. The van der Waals surface area contributed by atoms with Crippen LogP contribution >= 0.6 is 0 Å². The van der Waals surface area contributed by atoms with Crippen molar-refractivity contribution in [3.05, 3.63) is 95.6 Å². The number of rotatable bonds is 9. The zero-order valence-electron chi connectivity index (χ0n) is 26.2. The van der Waals surface area contributed by atoms with Gasteiger partial charge in [-0.25, -0.2) is 0 Å². The zero-order valence-corrected chi connectivity index (χ0v) is 26.2. The van der Waals surface area contributed by atoms with Crippen LogP contribution < -0.4 is 25.4 Å². The second-order valence-electron chi connectivity index (χ2n) is 11.2. The number of amides is 4. The van der Waals surface area contributed by atoms with Gasteiger partial charge in [0.05, 0.1) is 25.3 Å². The molecule has 0 fully saturated rings. The summed E-state index contributed by atoms with van der Waals surface area (Å²) in [4.78, 5) is 54.7. The highest BCUT2D eigenvalue weighted by atomic mass is 16.5. The fraction of sp³-hybridized carbons (Fsp3) is 0.371. The number of nitrogens with one attached hydrogen (secondary N) is 3. The van der Waals surface area contributed by atoms with Crippen molar-refractivity contribution in [2.45, 2.75) is 50.2 Å². The summed E-state index contributed by atoms with van der Waals surface area (Å²) in [5.41, 5.74) is 2.24. The average Bonchev–Trinajstić information content (AvgIpc) is 3.08. The lowest BCUT2D eigenvalue weighted by atomic mass is 10.0. The summed E-state index contributed by atoms with van der Waals surface area (Å²) in [7, 11) is 3.20. The van der Waals surface area contributed by atoms with Gasteiger partial charge in [0.1, 0.15) is 30.2 Å². The third kappa shape index (κ3) is 9.55. The van der Waals surface area contributed by atoms with Crippen LogP contribution in [0.5, 0.6) is 11.5 Å². The lowest BCUT2D eigenvalue weighted by Gasteiger charge is -2.31. The fourth-order valence-corrected chi connectivity index (χ4v) is 5.27. The van der Waals surface area contributed by atoms with E-state index in [2.05, 4.69) is 16.0 Å². The Bertz CT molecular complexity index is 1480. The molecule has 3 atom stereocenters. The van der Waals surface area contributed by atoms with Gasteiger partial charge in [0.2, 0.25) is 17.7 Å². The van der Waals surface area contributed by atoms with Gasteiger partial charge in [0.15, 0.2) is 0 Å². The SMILES string of the molecule is COc1cccc(CCCNC(=O)[C@@H]2CCC(=O)N[C@@H](CO)C(=O)N(C)[C@H](Cc3ccccc3)COc3ccccc3C(=O)N2)c1. The summed E-state index contributed by atoms with van der Waals surface area (Å²) in [6.07, 6.45) is 1.60. The molecule has 4 rings (SSSR count). The number of benzene rings is 3. The number of methoxy groups -OCH3 is 1. The van der Waals surface area contributed by atoms with Crippen LogP contribution in [-0.2, 0) is 27.2 Å². The number of hydrogen-bond donors (Lipinski definition) is 4. The topological polar surface area (TPSA) is 146 Å². The van der Waals surface area contributed by atoms with E-state index in [0.29, 0.717) is 31.6 Å². The lowest BCUT2D eigenvalue weighted by molar-refractivity contribution is -0.138. The van der Waals surface area contributed by atoms with Crippen molar-refractivity contribution in [2.24, 2.45) is 0 Å². The highest BCUT2D eigenvalue weighted by Crippen LogP contribution is 2.21. The number of ether oxygens (including phenoxy) is 2. The molecule has 46 heavy (non-hydrogen) atoms. The van der Waals surface area contributed by atoms with Crippen molar-refractivity contribution in [2.75, 3.05) is 33.9 Å². The second-order valence-corrected chi connectivity index (χ2v) is 11.2. The Morgan fingerprint density at radius 1 is 1.00 bits per heavy atom. The van der Waals surface area contributed by atoms with E-state index in [0.717, 1.165) is 16.9 Å². The summed E-state index contributed by atoms with van der Waals surface area (Å²) < 4.78 is 11.4. The number of fused-ring (bicyclic) bond motifs is 1. The van der Waals surface area contributed by atoms with Gasteiger partial charge in [-0.2, -0.15) is 0 Å². The Morgan fingerprint density at radius 3 is 2.50 bits per heavy atom. The second kappa shape index (κ2) is 17.0. The maximum atomic E-state index is 13.5. The molecule has 0 unspecified atom stereocenters. The Hall–Kier alpha value is -4.90. The molecular weight excluding hydrogens is 588 g/mol. The van der Waals surface area contributed by atoms with Crippen molar-refractivity contribution in [1.29, 1.82) is 0 Å². The Balaban J connectivity index is 1.52. The summed E-state index contributed by atoms with van der Waals surface area (Å²) in [5, 5.41) is 18.3. The maximum Gasteiger partial charge on any atom is 0.255 e. The van der Waals surface area contributed by atoms with Gasteiger partial charge in [-0.05, 0) is 61.1 Å². The molecule has 0 bridgehead atoms. The molecule has 3 aromatic rings. The molecule has 0 saturated heterocycles. The van der Waals surface area contributed by atoms with Crippen LogP contribution in [0.1, 0.15) is 40.7 Å². The van der Waals surface area contributed by atoms with E-state index in [1.807, 2.05) is 54.6 Å². The van der Waals surface area contributed by atoms with Crippen molar-refractivity contribution >= 4 is 23.6 Å². The van der Waals surface area contributed by atoms with E-state index in [1.54, 1.807) is 38.4 Å². The summed E-state index contributed by atoms with van der Waals surface area (Å²) in [5.74, 6) is -0.934. The van der Waals surface area contributed by atoms with Gasteiger partial charge in [-0.3, -0.25) is 19.2 Å². The molecule has 0 spiro atoms. The van der Waals surface area contributed by atoms with E-state index >= 15 is 0 Å². The standard InChI is InChI=1S/C35H42N4O7/c1-39-26(20-24-10-4-3-5-11-24)23-46-31-16-7-6-15-28(31)33(42)38-29(17-18-32(41)37-30(22-40)35(39)44)34(43)36-19-9-13-25-12-8-14-27(21-25)45-2/h3-8,10-12,14-16,21,26,29-30,40H,9,13,17-20,22-23H2,1-2H3,(H,36,43)(H,37,41)(H,38,42)/t26-,29+,30+/m1/s1. The molecule has 0 aromatic heterocycles. The minimum atomic E-state index is -1.19. The molecule has 1 aliphatic rings. The van der Waals surface area contributed by atoms with E-state index < -0.39 is 48.4 Å². The highest BCUT2D eigenvalue weighted by molar-refractivity contribution is 5.99. The number of aliphatic hydroxyl groups excluding tert-OH is 1. The molecule has 1 heterocycles. The van der Waals surface area contributed by atoms with Gasteiger partial charge in [0, 0.05) is 20.0 Å². The van der Waals surface area contributed by atoms with Gasteiger partial charge >= 0.3 is 0 Å². The molecule has 4 N–H and O–H groups in total. The lowest BCUT2D eigenvalue weighted by Crippen LogP contribution is -2.54. The normalized spacial score (nSPS) is 19.4. The molecule has 11 nitrogen and oxygen atoms in total. The molecule has 11 heteroatoms. The van der Waals surface area contributed by atoms with Gasteiger partial charge < -0.3 is 35.4 Å². The summed E-state index contributed by atoms with van der Waals surface area (Å²) in [6.45, 7) is -0.222. The average molecular weight is 631 g/mol. The minimum Gasteiger partial charge on any atom is -0.497 e. The van der Waals surface area contributed by atoms with E-state index in [9.17, 15) is 24.3 Å². The minimum absolute atomic E-state index is 0.0267. The van der Waals surface area contributed by atoms with Crippen LogP contribution in [0.15, 0.2) is 78.9 Å². The van der Waals surface area contributed by atoms with Gasteiger partial charge in [-0.15, -0.1) is 0 Å². The van der Waals surface area contributed by atoms with Crippen LogP contribution in [0.2, 0.25) is 0 Å². The first-order chi connectivity index (χ1) is 22.3. The van der Waals surface area contributed by atoms with Gasteiger partial charge in [-0.1, -0.05) is 54.6 Å². The number of para-hydroxylation sites is 1. The van der Waals surface area contributed by atoms with Crippen LogP contribution in [0.4, 0.5) is 0 Å². The predicted octanol–water partition coefficient (Wildman–Crippen LogP) is 2.26. The fourth-order valence-electron chi connectivity index (χ4n) is 5.27. The molecule has 244 valence electrons. The van der Waals surface area contributed by atoms with Crippen LogP contribution in [-0.4, -0.2) is 85.7 Å². The first-order valence-corrected chi connectivity index (χ1v) is 15.4. The first kappa shape index (κ1) is 34.0. The van der Waals surface area contributed by atoms with Crippen LogP contribution in [0.25, 0.3) is 0 Å². The third-order valence-electron chi connectivity index (χ3n) is 7.95. The maximum absolute atomic E-state index is 13.5. The number of aryl methyl sites for hydroxylation is 1. The highest BCUT2D eigenvalue weighted by Gasteiger charge is 2.30.